The summed E-state index contributed by atoms with van der Waals surface area (Å²) in [4.78, 5) is 6.47. The molecule has 0 unspecified atom stereocenters. The average Bonchev–Trinajstić information content (AvgIpc) is 2.88. The molecule has 0 atom stereocenters. The number of hydrogen-bond acceptors (Lipinski definition) is 4. The van der Waals surface area contributed by atoms with Crippen LogP contribution in [0.1, 0.15) is 19.3 Å². The first-order chi connectivity index (χ1) is 11.7. The molecule has 0 radical (unpaired) electrons. The number of hydrogen-bond donors (Lipinski definition) is 1. The minimum Gasteiger partial charge on any atom is -0.334 e. The van der Waals surface area contributed by atoms with Gasteiger partial charge in [-0.25, -0.2) is 4.98 Å². The van der Waals surface area contributed by atoms with Crippen LogP contribution in [0.25, 0.3) is 22.1 Å². The highest BCUT2D eigenvalue weighted by Gasteiger charge is 2.15. The Morgan fingerprint density at radius 1 is 1.21 bits per heavy atom. The Labute approximate surface area is 154 Å². The van der Waals surface area contributed by atoms with Crippen molar-refractivity contribution in [3.63, 3.8) is 0 Å². The van der Waals surface area contributed by atoms with E-state index in [1.165, 1.54) is 38.9 Å². The molecule has 3 aromatic rings. The van der Waals surface area contributed by atoms with Crippen molar-refractivity contribution in [1.29, 1.82) is 0 Å². The second kappa shape index (κ2) is 6.98. The molecule has 0 amide bonds. The Bertz CT molecular complexity index is 872. The standard InChI is InChI=1S/C17H20BrN5S/c1-22-14-6-5-12(18)11-13(14)15-16(22)19-17(21-20-15)24-10-9-23-7-3-2-4-8-23/h5-6,11H,2-4,7-10H2,1H3/p+1. The SMILES string of the molecule is Cn1c2ccc(Br)cc2c2nnc(SCC[NH+]3CCCCC3)nc21. The van der Waals surface area contributed by atoms with Crippen molar-refractivity contribution in [3.05, 3.63) is 22.7 Å². The number of aryl methyl sites for hydroxylation is 1. The Balaban J connectivity index is 1.54. The Kier molecular flexibility index (Phi) is 4.74. The van der Waals surface area contributed by atoms with Gasteiger partial charge in [0.2, 0.25) is 5.16 Å². The van der Waals surface area contributed by atoms with E-state index in [2.05, 4.69) is 42.8 Å². The molecule has 0 aliphatic carbocycles. The van der Waals surface area contributed by atoms with Crippen LogP contribution in [0.2, 0.25) is 0 Å². The first kappa shape index (κ1) is 16.3. The lowest BCUT2D eigenvalue weighted by atomic mass is 10.1. The summed E-state index contributed by atoms with van der Waals surface area (Å²) in [6.07, 6.45) is 4.14. The zero-order valence-electron chi connectivity index (χ0n) is 13.8. The van der Waals surface area contributed by atoms with Crippen molar-refractivity contribution in [2.24, 2.45) is 7.05 Å². The molecule has 4 rings (SSSR count). The van der Waals surface area contributed by atoms with E-state index in [1.54, 1.807) is 16.7 Å². The molecule has 0 bridgehead atoms. The summed E-state index contributed by atoms with van der Waals surface area (Å²) in [5.41, 5.74) is 2.92. The van der Waals surface area contributed by atoms with E-state index in [0.717, 1.165) is 37.4 Å². The molecular weight excluding hydrogens is 386 g/mol. The maximum Gasteiger partial charge on any atom is 0.211 e. The number of benzene rings is 1. The molecule has 1 aliphatic rings. The topological polar surface area (TPSA) is 48.0 Å². The second-order valence-electron chi connectivity index (χ2n) is 6.40. The van der Waals surface area contributed by atoms with Crippen molar-refractivity contribution in [2.45, 2.75) is 24.4 Å². The summed E-state index contributed by atoms with van der Waals surface area (Å²) < 4.78 is 3.15. The third-order valence-corrected chi connectivity index (χ3v) is 6.12. The highest BCUT2D eigenvalue weighted by Crippen LogP contribution is 2.28. The molecule has 5 nitrogen and oxygen atoms in total. The Hall–Kier alpha value is -1.18. The molecule has 1 aromatic carbocycles. The predicted octanol–water partition coefficient (Wildman–Crippen LogP) is 2.44. The van der Waals surface area contributed by atoms with Crippen LogP contribution in [0, 0.1) is 0 Å². The number of rotatable bonds is 4. The second-order valence-corrected chi connectivity index (χ2v) is 8.37. The summed E-state index contributed by atoms with van der Waals surface area (Å²) in [7, 11) is 2.04. The van der Waals surface area contributed by atoms with E-state index >= 15 is 0 Å². The molecule has 1 aliphatic heterocycles. The first-order valence-corrected chi connectivity index (χ1v) is 10.2. The fourth-order valence-electron chi connectivity index (χ4n) is 3.47. The number of halogens is 1. The minimum atomic E-state index is 0.781. The third kappa shape index (κ3) is 3.17. The van der Waals surface area contributed by atoms with Crippen LogP contribution >= 0.6 is 27.7 Å². The van der Waals surface area contributed by atoms with Crippen molar-refractivity contribution in [1.82, 2.24) is 19.7 Å². The van der Waals surface area contributed by atoms with Crippen LogP contribution in [0.3, 0.4) is 0 Å². The molecule has 24 heavy (non-hydrogen) atoms. The normalized spacial score (nSPS) is 16.2. The smallest absolute Gasteiger partial charge is 0.211 e. The zero-order valence-corrected chi connectivity index (χ0v) is 16.2. The predicted molar refractivity (Wildman–Crippen MR) is 102 cm³/mol. The van der Waals surface area contributed by atoms with Crippen LogP contribution < -0.4 is 4.90 Å². The number of aromatic nitrogens is 4. The van der Waals surface area contributed by atoms with E-state index < -0.39 is 0 Å². The van der Waals surface area contributed by atoms with Crippen LogP contribution in [-0.2, 0) is 7.05 Å². The number of thioether (sulfide) groups is 1. The monoisotopic (exact) mass is 406 g/mol. The summed E-state index contributed by atoms with van der Waals surface area (Å²) in [5, 5.41) is 10.7. The van der Waals surface area contributed by atoms with Gasteiger partial charge >= 0.3 is 0 Å². The largest absolute Gasteiger partial charge is 0.334 e. The maximum absolute atomic E-state index is 4.75. The van der Waals surface area contributed by atoms with E-state index in [4.69, 9.17) is 4.98 Å². The van der Waals surface area contributed by atoms with E-state index in [9.17, 15) is 0 Å². The number of piperidine rings is 1. The van der Waals surface area contributed by atoms with Gasteiger partial charge in [-0.15, -0.1) is 10.2 Å². The fraction of sp³-hybridized carbons (Fsp3) is 0.471. The zero-order chi connectivity index (χ0) is 16.5. The first-order valence-electron chi connectivity index (χ1n) is 8.47. The molecule has 0 saturated carbocycles. The molecular formula is C17H21BrN5S+. The van der Waals surface area contributed by atoms with Gasteiger partial charge in [-0.05, 0) is 37.5 Å². The highest BCUT2D eigenvalue weighted by molar-refractivity contribution is 9.10. The molecule has 2 aromatic heterocycles. The lowest BCUT2D eigenvalue weighted by Crippen LogP contribution is -3.13. The van der Waals surface area contributed by atoms with Crippen LogP contribution in [0.5, 0.6) is 0 Å². The number of nitrogens with one attached hydrogen (secondary N) is 1. The fourth-order valence-corrected chi connectivity index (χ4v) is 4.65. The van der Waals surface area contributed by atoms with Crippen molar-refractivity contribution in [3.8, 4) is 0 Å². The lowest BCUT2D eigenvalue weighted by molar-refractivity contribution is -0.902. The number of likely N-dealkylation sites (tertiary alicyclic amines) is 1. The summed E-state index contributed by atoms with van der Waals surface area (Å²) >= 11 is 5.25. The van der Waals surface area contributed by atoms with E-state index in [-0.39, 0.29) is 0 Å². The highest BCUT2D eigenvalue weighted by atomic mass is 79.9. The van der Waals surface area contributed by atoms with E-state index in [1.807, 2.05) is 13.1 Å². The Morgan fingerprint density at radius 3 is 2.88 bits per heavy atom. The molecule has 0 spiro atoms. The molecule has 3 heterocycles. The lowest BCUT2D eigenvalue weighted by Gasteiger charge is -2.22. The Morgan fingerprint density at radius 2 is 2.04 bits per heavy atom. The summed E-state index contributed by atoms with van der Waals surface area (Å²) in [6, 6.07) is 6.22. The maximum atomic E-state index is 4.75. The summed E-state index contributed by atoms with van der Waals surface area (Å²) in [5.74, 6) is 1.05. The van der Waals surface area contributed by atoms with Crippen molar-refractivity contribution in [2.75, 3.05) is 25.4 Å². The van der Waals surface area contributed by atoms with Crippen molar-refractivity contribution >= 4 is 49.8 Å². The van der Waals surface area contributed by atoms with Gasteiger partial charge in [0, 0.05) is 16.9 Å². The number of quaternary nitrogens is 1. The van der Waals surface area contributed by atoms with Gasteiger partial charge in [-0.3, -0.25) is 0 Å². The molecule has 7 heteroatoms. The van der Waals surface area contributed by atoms with Gasteiger partial charge in [0.05, 0.1) is 30.9 Å². The van der Waals surface area contributed by atoms with Gasteiger partial charge in [-0.2, -0.15) is 0 Å². The van der Waals surface area contributed by atoms with Crippen LogP contribution in [0.4, 0.5) is 0 Å². The van der Waals surface area contributed by atoms with Gasteiger partial charge in [0.1, 0.15) is 5.52 Å². The van der Waals surface area contributed by atoms with Crippen LogP contribution in [0.15, 0.2) is 27.8 Å². The van der Waals surface area contributed by atoms with Gasteiger partial charge in [0.15, 0.2) is 5.65 Å². The molecule has 1 fully saturated rings. The molecule has 1 N–H and O–H groups in total. The number of nitrogens with zero attached hydrogens (tertiary/aromatic N) is 4. The van der Waals surface area contributed by atoms with Crippen LogP contribution in [-0.4, -0.2) is 45.1 Å². The molecule has 1 saturated heterocycles. The summed E-state index contributed by atoms with van der Waals surface area (Å²) in [6.45, 7) is 3.82. The third-order valence-electron chi connectivity index (χ3n) is 4.79. The minimum absolute atomic E-state index is 0.781. The van der Waals surface area contributed by atoms with E-state index in [0.29, 0.717) is 0 Å². The van der Waals surface area contributed by atoms with Crippen molar-refractivity contribution < 1.29 is 4.90 Å². The van der Waals surface area contributed by atoms with Gasteiger partial charge in [0.25, 0.3) is 0 Å². The van der Waals surface area contributed by atoms with Gasteiger partial charge < -0.3 is 9.47 Å². The average molecular weight is 407 g/mol. The molecule has 126 valence electrons. The quantitative estimate of drug-likeness (QED) is 0.675. The number of fused-ring (bicyclic) bond motifs is 3. The van der Waals surface area contributed by atoms with Gasteiger partial charge in [-0.1, -0.05) is 27.7 Å².